The highest BCUT2D eigenvalue weighted by Crippen LogP contribution is 2.38. The molecule has 2 fully saturated rings. The van der Waals surface area contributed by atoms with Gasteiger partial charge in [-0.1, -0.05) is 32.9 Å². The normalized spacial score (nSPS) is 26.2. The molecule has 0 saturated carbocycles. The molecule has 1 aromatic carbocycles. The second-order valence-electron chi connectivity index (χ2n) is 9.91. The van der Waals surface area contributed by atoms with E-state index in [0.29, 0.717) is 45.7 Å². The highest BCUT2D eigenvalue weighted by molar-refractivity contribution is 5.65. The number of piperidine rings is 1. The third-order valence-corrected chi connectivity index (χ3v) is 6.52. The number of likely N-dealkylation sites (tertiary alicyclic amines) is 1. The van der Waals surface area contributed by atoms with E-state index < -0.39 is 11.7 Å². The van der Waals surface area contributed by atoms with Gasteiger partial charge in [-0.2, -0.15) is 0 Å². The third-order valence-electron chi connectivity index (χ3n) is 6.52. The van der Waals surface area contributed by atoms with Crippen molar-refractivity contribution < 1.29 is 24.1 Å². The van der Waals surface area contributed by atoms with Gasteiger partial charge in [0.15, 0.2) is 0 Å². The molecule has 2 aliphatic rings. The van der Waals surface area contributed by atoms with Gasteiger partial charge in [-0.25, -0.2) is 9.18 Å². The highest BCUT2D eigenvalue weighted by atomic mass is 19.1. The van der Waals surface area contributed by atoms with Gasteiger partial charge < -0.3 is 19.8 Å². The number of nitrogens with zero attached hydrogens (tertiary/aromatic N) is 2. The first-order valence-electron chi connectivity index (χ1n) is 10.9. The van der Waals surface area contributed by atoms with E-state index in [1.165, 1.54) is 17.0 Å². The van der Waals surface area contributed by atoms with Crippen LogP contribution < -0.4 is 0 Å². The summed E-state index contributed by atoms with van der Waals surface area (Å²) in [7, 11) is 0. The number of amides is 1. The molecule has 0 aliphatic carbocycles. The topological polar surface area (TPSA) is 73.2 Å². The average molecular weight is 423 g/mol. The van der Waals surface area contributed by atoms with Gasteiger partial charge in [-0.05, 0) is 48.8 Å². The molecule has 2 N–H and O–H groups in total. The van der Waals surface area contributed by atoms with Crippen LogP contribution >= 0.6 is 0 Å². The summed E-state index contributed by atoms with van der Waals surface area (Å²) in [4.78, 5) is 15.5. The van der Waals surface area contributed by atoms with E-state index in [0.717, 1.165) is 18.4 Å². The zero-order valence-corrected chi connectivity index (χ0v) is 18.3. The number of benzene rings is 1. The van der Waals surface area contributed by atoms with E-state index in [9.17, 15) is 19.4 Å². The Hall–Kier alpha value is -1.70. The summed E-state index contributed by atoms with van der Waals surface area (Å²) >= 11 is 0. The lowest BCUT2D eigenvalue weighted by atomic mass is 9.74. The molecule has 1 amide bonds. The van der Waals surface area contributed by atoms with Gasteiger partial charge in [0.25, 0.3) is 0 Å². The van der Waals surface area contributed by atoms with E-state index in [2.05, 4.69) is 4.90 Å². The molecule has 0 bridgehead atoms. The maximum Gasteiger partial charge on any atom is 0.407 e. The van der Waals surface area contributed by atoms with Crippen LogP contribution in [-0.4, -0.2) is 70.1 Å². The number of aliphatic hydroxyl groups is 1. The third kappa shape index (κ3) is 5.71. The molecule has 1 aromatic rings. The van der Waals surface area contributed by atoms with Crippen LogP contribution in [0.1, 0.15) is 52.0 Å². The summed E-state index contributed by atoms with van der Waals surface area (Å²) in [5, 5.41) is 21.2. The Labute approximate surface area is 178 Å². The molecule has 0 spiro atoms. The summed E-state index contributed by atoms with van der Waals surface area (Å²) in [5.74, 6) is -0.260. The van der Waals surface area contributed by atoms with E-state index in [1.54, 1.807) is 12.1 Å². The Morgan fingerprint density at radius 1 is 1.27 bits per heavy atom. The molecule has 2 atom stereocenters. The van der Waals surface area contributed by atoms with Gasteiger partial charge in [-0.3, -0.25) is 4.90 Å². The minimum atomic E-state index is -0.970. The SMILES string of the molecule is CC(C)(C)C1CC(O)(CN(Cc2ccc(F)cc2)C2CCOCC2)CCN1C(=O)O. The Balaban J connectivity index is 1.79. The number of hydrogen-bond acceptors (Lipinski definition) is 4. The number of ether oxygens (including phenoxy) is 1. The first-order valence-corrected chi connectivity index (χ1v) is 10.9. The van der Waals surface area contributed by atoms with Crippen molar-refractivity contribution in [3.63, 3.8) is 0 Å². The van der Waals surface area contributed by atoms with Gasteiger partial charge in [-0.15, -0.1) is 0 Å². The molecule has 2 unspecified atom stereocenters. The second-order valence-corrected chi connectivity index (χ2v) is 9.91. The fourth-order valence-electron chi connectivity index (χ4n) is 4.77. The van der Waals surface area contributed by atoms with Crippen molar-refractivity contribution in [2.75, 3.05) is 26.3 Å². The lowest BCUT2D eigenvalue weighted by Gasteiger charge is -2.50. The van der Waals surface area contributed by atoms with Crippen molar-refractivity contribution in [1.29, 1.82) is 0 Å². The molecule has 0 aromatic heterocycles. The van der Waals surface area contributed by atoms with Crippen molar-refractivity contribution in [3.8, 4) is 0 Å². The molecule has 2 aliphatic heterocycles. The van der Waals surface area contributed by atoms with Crippen LogP contribution in [0.5, 0.6) is 0 Å². The quantitative estimate of drug-likeness (QED) is 0.757. The Morgan fingerprint density at radius 3 is 2.47 bits per heavy atom. The van der Waals surface area contributed by atoms with E-state index in [1.807, 2.05) is 20.8 Å². The van der Waals surface area contributed by atoms with Crippen LogP contribution in [0, 0.1) is 11.2 Å². The number of rotatable bonds is 5. The van der Waals surface area contributed by atoms with E-state index in [4.69, 9.17) is 4.74 Å². The number of hydrogen-bond donors (Lipinski definition) is 2. The second kappa shape index (κ2) is 9.20. The van der Waals surface area contributed by atoms with Gasteiger partial charge >= 0.3 is 6.09 Å². The number of carbonyl (C=O) groups is 1. The Bertz CT molecular complexity index is 715. The first-order chi connectivity index (χ1) is 14.1. The summed E-state index contributed by atoms with van der Waals surface area (Å²) in [6.45, 7) is 8.87. The van der Waals surface area contributed by atoms with Gasteiger partial charge in [0, 0.05) is 44.9 Å². The number of carboxylic acid groups (broad SMARTS) is 1. The van der Waals surface area contributed by atoms with Crippen molar-refractivity contribution in [1.82, 2.24) is 9.80 Å². The molecule has 30 heavy (non-hydrogen) atoms. The number of halogens is 1. The molecule has 2 heterocycles. The van der Waals surface area contributed by atoms with Crippen LogP contribution in [0.4, 0.5) is 9.18 Å². The predicted octanol–water partition coefficient (Wildman–Crippen LogP) is 3.73. The lowest BCUT2D eigenvalue weighted by molar-refractivity contribution is -0.0927. The molecule has 168 valence electrons. The zero-order valence-electron chi connectivity index (χ0n) is 18.3. The smallest absolute Gasteiger partial charge is 0.407 e. The fraction of sp³-hybridized carbons (Fsp3) is 0.696. The lowest BCUT2D eigenvalue weighted by Crippen LogP contribution is -2.60. The van der Waals surface area contributed by atoms with Crippen molar-refractivity contribution in [3.05, 3.63) is 35.6 Å². The molecular weight excluding hydrogens is 387 g/mol. The summed E-state index contributed by atoms with van der Waals surface area (Å²) in [6.07, 6.45) is 1.67. The highest BCUT2D eigenvalue weighted by Gasteiger charge is 2.46. The predicted molar refractivity (Wildman–Crippen MR) is 113 cm³/mol. The minimum absolute atomic E-state index is 0.254. The maximum absolute atomic E-state index is 13.3. The maximum atomic E-state index is 13.3. The molecule has 6 nitrogen and oxygen atoms in total. The Kier molecular flexibility index (Phi) is 7.05. The van der Waals surface area contributed by atoms with Crippen molar-refractivity contribution in [2.24, 2.45) is 5.41 Å². The van der Waals surface area contributed by atoms with Gasteiger partial charge in [0.2, 0.25) is 0 Å². The zero-order chi connectivity index (χ0) is 21.9. The van der Waals surface area contributed by atoms with Crippen molar-refractivity contribution >= 4 is 6.09 Å². The largest absolute Gasteiger partial charge is 0.465 e. The van der Waals surface area contributed by atoms with Gasteiger partial charge in [0.05, 0.1) is 5.60 Å². The van der Waals surface area contributed by atoms with Crippen LogP contribution in [0.25, 0.3) is 0 Å². The average Bonchev–Trinajstić information content (AvgIpc) is 2.69. The molecule has 0 radical (unpaired) electrons. The monoisotopic (exact) mass is 422 g/mol. The minimum Gasteiger partial charge on any atom is -0.465 e. The summed E-state index contributed by atoms with van der Waals surface area (Å²) in [5.41, 5.74) is -0.239. The Morgan fingerprint density at radius 2 is 1.90 bits per heavy atom. The van der Waals surface area contributed by atoms with Gasteiger partial charge in [0.1, 0.15) is 5.82 Å². The molecular formula is C23H35FN2O4. The van der Waals surface area contributed by atoms with Crippen molar-refractivity contribution in [2.45, 2.75) is 70.7 Å². The molecule has 2 saturated heterocycles. The first kappa shape index (κ1) is 23.0. The van der Waals surface area contributed by atoms with E-state index >= 15 is 0 Å². The molecule has 7 heteroatoms. The summed E-state index contributed by atoms with van der Waals surface area (Å²) in [6, 6.07) is 6.53. The van der Waals surface area contributed by atoms with E-state index in [-0.39, 0.29) is 23.3 Å². The standard InChI is InChI=1S/C23H35FN2O4/c1-22(2,3)20-14-23(29,10-11-26(20)21(27)28)16-25(19-8-12-30-13-9-19)15-17-4-6-18(24)7-5-17/h4-7,19-20,29H,8-16H2,1-3H3,(H,27,28). The summed E-state index contributed by atoms with van der Waals surface area (Å²) < 4.78 is 18.9. The van der Waals surface area contributed by atoms with Crippen LogP contribution in [0.3, 0.4) is 0 Å². The molecule has 3 rings (SSSR count). The fourth-order valence-corrected chi connectivity index (χ4v) is 4.77. The van der Waals surface area contributed by atoms with Crippen LogP contribution in [0.2, 0.25) is 0 Å². The van der Waals surface area contributed by atoms with Crippen LogP contribution in [-0.2, 0) is 11.3 Å². The van der Waals surface area contributed by atoms with Crippen LogP contribution in [0.15, 0.2) is 24.3 Å².